The molecule has 0 spiro atoms. The fourth-order valence-corrected chi connectivity index (χ4v) is 2.66. The Bertz CT molecular complexity index is 628. The number of carbonyl (C=O) groups excluding carboxylic acids is 1. The first kappa shape index (κ1) is 17.4. The molecular weight excluding hydrogens is 317 g/mol. The van der Waals surface area contributed by atoms with E-state index in [0.29, 0.717) is 13.0 Å². The standard InChI is InChI=1S/C18H19ClFNO2/c19-16-7-4-8-17(20)15(16)11-18(23)21-12-14(9-10-22)13-5-2-1-3-6-13/h1-8,14,22H,9-12H2,(H,21,23). The third-order valence-electron chi connectivity index (χ3n) is 3.69. The highest BCUT2D eigenvalue weighted by atomic mass is 35.5. The Morgan fingerprint density at radius 2 is 1.91 bits per heavy atom. The predicted molar refractivity (Wildman–Crippen MR) is 89.0 cm³/mol. The fraction of sp³-hybridized carbons (Fsp3) is 0.278. The summed E-state index contributed by atoms with van der Waals surface area (Å²) in [6, 6.07) is 14.0. The highest BCUT2D eigenvalue weighted by molar-refractivity contribution is 6.31. The SMILES string of the molecule is O=C(Cc1c(F)cccc1Cl)NCC(CCO)c1ccccc1. The number of rotatable bonds is 7. The van der Waals surface area contributed by atoms with Crippen LogP contribution in [-0.4, -0.2) is 24.2 Å². The molecule has 0 radical (unpaired) electrons. The van der Waals surface area contributed by atoms with E-state index >= 15 is 0 Å². The molecule has 23 heavy (non-hydrogen) atoms. The highest BCUT2D eigenvalue weighted by Crippen LogP contribution is 2.20. The van der Waals surface area contributed by atoms with Crippen LogP contribution in [-0.2, 0) is 11.2 Å². The van der Waals surface area contributed by atoms with Gasteiger partial charge in [0.15, 0.2) is 0 Å². The summed E-state index contributed by atoms with van der Waals surface area (Å²) in [5.74, 6) is -0.764. The van der Waals surface area contributed by atoms with E-state index in [1.165, 1.54) is 12.1 Å². The van der Waals surface area contributed by atoms with Crippen molar-refractivity contribution >= 4 is 17.5 Å². The number of benzene rings is 2. The van der Waals surface area contributed by atoms with Gasteiger partial charge in [0.1, 0.15) is 5.82 Å². The van der Waals surface area contributed by atoms with E-state index in [-0.39, 0.29) is 35.4 Å². The van der Waals surface area contributed by atoms with Gasteiger partial charge in [0.2, 0.25) is 5.91 Å². The van der Waals surface area contributed by atoms with Gasteiger partial charge < -0.3 is 10.4 Å². The number of aliphatic hydroxyl groups excluding tert-OH is 1. The molecule has 0 aliphatic carbocycles. The van der Waals surface area contributed by atoms with Crippen LogP contribution in [0.3, 0.4) is 0 Å². The number of hydrogen-bond donors (Lipinski definition) is 2. The topological polar surface area (TPSA) is 49.3 Å². The second-order valence-corrected chi connectivity index (χ2v) is 5.71. The number of aliphatic hydroxyl groups is 1. The lowest BCUT2D eigenvalue weighted by atomic mass is 9.96. The van der Waals surface area contributed by atoms with Gasteiger partial charge in [0, 0.05) is 29.7 Å². The van der Waals surface area contributed by atoms with E-state index in [1.54, 1.807) is 6.07 Å². The van der Waals surface area contributed by atoms with E-state index in [4.69, 9.17) is 11.6 Å². The fourth-order valence-electron chi connectivity index (χ4n) is 2.43. The monoisotopic (exact) mass is 335 g/mol. The minimum Gasteiger partial charge on any atom is -0.396 e. The number of halogens is 2. The molecule has 122 valence electrons. The highest BCUT2D eigenvalue weighted by Gasteiger charge is 2.15. The first-order valence-corrected chi connectivity index (χ1v) is 7.85. The maximum Gasteiger partial charge on any atom is 0.224 e. The third-order valence-corrected chi connectivity index (χ3v) is 4.05. The Morgan fingerprint density at radius 1 is 1.17 bits per heavy atom. The van der Waals surface area contributed by atoms with E-state index in [2.05, 4.69) is 5.32 Å². The first-order chi connectivity index (χ1) is 11.1. The summed E-state index contributed by atoms with van der Waals surface area (Å²) >= 11 is 5.93. The molecule has 0 aromatic heterocycles. The maximum atomic E-state index is 13.7. The zero-order valence-corrected chi connectivity index (χ0v) is 13.4. The average Bonchev–Trinajstić information content (AvgIpc) is 2.56. The number of amides is 1. The molecular formula is C18H19ClFNO2. The molecule has 1 amide bonds. The molecule has 5 heteroatoms. The normalized spacial score (nSPS) is 12.0. The van der Waals surface area contributed by atoms with Crippen molar-refractivity contribution in [2.24, 2.45) is 0 Å². The van der Waals surface area contributed by atoms with Crippen molar-refractivity contribution in [3.8, 4) is 0 Å². The molecule has 2 rings (SSSR count). The quantitative estimate of drug-likeness (QED) is 0.815. The average molecular weight is 336 g/mol. The van der Waals surface area contributed by atoms with Crippen LogP contribution in [0.1, 0.15) is 23.5 Å². The van der Waals surface area contributed by atoms with Gasteiger partial charge in [-0.3, -0.25) is 4.79 Å². The number of carbonyl (C=O) groups is 1. The molecule has 3 nitrogen and oxygen atoms in total. The van der Waals surface area contributed by atoms with E-state index in [1.807, 2.05) is 30.3 Å². The van der Waals surface area contributed by atoms with Gasteiger partial charge in [-0.2, -0.15) is 0 Å². The summed E-state index contributed by atoms with van der Waals surface area (Å²) in [7, 11) is 0. The second-order valence-electron chi connectivity index (χ2n) is 5.30. The van der Waals surface area contributed by atoms with E-state index in [0.717, 1.165) is 5.56 Å². The zero-order valence-electron chi connectivity index (χ0n) is 12.6. The van der Waals surface area contributed by atoms with Gasteiger partial charge >= 0.3 is 0 Å². The molecule has 0 fully saturated rings. The number of nitrogens with one attached hydrogen (secondary N) is 1. The molecule has 0 aliphatic heterocycles. The van der Waals surface area contributed by atoms with Gasteiger partial charge in [-0.25, -0.2) is 4.39 Å². The van der Waals surface area contributed by atoms with Gasteiger partial charge in [-0.1, -0.05) is 48.0 Å². The lowest BCUT2D eigenvalue weighted by Crippen LogP contribution is -2.30. The van der Waals surface area contributed by atoms with Crippen LogP contribution in [0.15, 0.2) is 48.5 Å². The maximum absolute atomic E-state index is 13.7. The van der Waals surface area contributed by atoms with E-state index < -0.39 is 5.82 Å². The predicted octanol–water partition coefficient (Wildman–Crippen LogP) is 3.30. The van der Waals surface area contributed by atoms with Crippen molar-refractivity contribution in [1.29, 1.82) is 0 Å². The van der Waals surface area contributed by atoms with Crippen molar-refractivity contribution in [3.63, 3.8) is 0 Å². The Hall–Kier alpha value is -1.91. The molecule has 1 atom stereocenters. The zero-order chi connectivity index (χ0) is 16.7. The minimum absolute atomic E-state index is 0.0150. The molecule has 2 aromatic carbocycles. The van der Waals surface area contributed by atoms with Crippen LogP contribution in [0.25, 0.3) is 0 Å². The lowest BCUT2D eigenvalue weighted by molar-refractivity contribution is -0.120. The van der Waals surface area contributed by atoms with Crippen LogP contribution < -0.4 is 5.32 Å². The van der Waals surface area contributed by atoms with Crippen molar-refractivity contribution in [3.05, 3.63) is 70.5 Å². The summed E-state index contributed by atoms with van der Waals surface area (Å²) in [5, 5.41) is 12.2. The third kappa shape index (κ3) is 5.05. The van der Waals surface area contributed by atoms with Gasteiger partial charge in [0.25, 0.3) is 0 Å². The van der Waals surface area contributed by atoms with Crippen LogP contribution in [0.4, 0.5) is 4.39 Å². The largest absolute Gasteiger partial charge is 0.396 e. The van der Waals surface area contributed by atoms with Crippen LogP contribution in [0, 0.1) is 5.82 Å². The minimum atomic E-state index is -0.484. The molecule has 0 heterocycles. The smallest absolute Gasteiger partial charge is 0.224 e. The molecule has 0 bridgehead atoms. The van der Waals surface area contributed by atoms with Crippen molar-refractivity contribution in [2.75, 3.05) is 13.2 Å². The van der Waals surface area contributed by atoms with E-state index in [9.17, 15) is 14.3 Å². The molecule has 0 aliphatic rings. The van der Waals surface area contributed by atoms with Crippen LogP contribution >= 0.6 is 11.6 Å². The molecule has 2 N–H and O–H groups in total. The Labute approximate surface area is 140 Å². The summed E-state index contributed by atoms with van der Waals surface area (Å²) < 4.78 is 13.7. The van der Waals surface area contributed by atoms with Gasteiger partial charge in [-0.05, 0) is 24.1 Å². The van der Waals surface area contributed by atoms with Crippen molar-refractivity contribution in [2.45, 2.75) is 18.8 Å². The Balaban J connectivity index is 1.97. The molecule has 0 saturated carbocycles. The van der Waals surface area contributed by atoms with Crippen molar-refractivity contribution in [1.82, 2.24) is 5.32 Å². The Morgan fingerprint density at radius 3 is 2.57 bits per heavy atom. The lowest BCUT2D eigenvalue weighted by Gasteiger charge is -2.17. The molecule has 0 saturated heterocycles. The number of hydrogen-bond acceptors (Lipinski definition) is 2. The Kier molecular flexibility index (Phi) is 6.56. The van der Waals surface area contributed by atoms with Gasteiger partial charge in [-0.15, -0.1) is 0 Å². The molecule has 1 unspecified atom stereocenters. The summed E-state index contributed by atoms with van der Waals surface area (Å²) in [6.07, 6.45) is 0.441. The second kappa shape index (κ2) is 8.65. The summed E-state index contributed by atoms with van der Waals surface area (Å²) in [4.78, 5) is 12.1. The summed E-state index contributed by atoms with van der Waals surface area (Å²) in [5.41, 5.74) is 1.25. The van der Waals surface area contributed by atoms with Gasteiger partial charge in [0.05, 0.1) is 6.42 Å². The first-order valence-electron chi connectivity index (χ1n) is 7.47. The summed E-state index contributed by atoms with van der Waals surface area (Å²) in [6.45, 7) is 0.421. The van der Waals surface area contributed by atoms with Crippen LogP contribution in [0.2, 0.25) is 5.02 Å². The van der Waals surface area contributed by atoms with Crippen LogP contribution in [0.5, 0.6) is 0 Å². The van der Waals surface area contributed by atoms with Crippen molar-refractivity contribution < 1.29 is 14.3 Å². The molecule has 2 aromatic rings.